The number of rotatable bonds is 13. The van der Waals surface area contributed by atoms with Gasteiger partial charge in [-0.15, -0.1) is 0 Å². The number of carbonyl (C=O) groups is 2. The molecule has 0 saturated carbocycles. The number of pyridine rings is 1. The highest BCUT2D eigenvalue weighted by molar-refractivity contribution is 5.74. The Morgan fingerprint density at radius 3 is 2.54 bits per heavy atom. The highest BCUT2D eigenvalue weighted by atomic mass is 16.6. The number of ether oxygens (including phenoxy) is 1. The molecule has 26 heavy (non-hydrogen) atoms. The van der Waals surface area contributed by atoms with Crippen LogP contribution in [0.1, 0.15) is 62.5 Å². The van der Waals surface area contributed by atoms with Crippen LogP contribution in [0.5, 0.6) is 0 Å². The molecule has 0 atom stereocenters. The van der Waals surface area contributed by atoms with Crippen LogP contribution in [0.4, 0.5) is 4.79 Å². The van der Waals surface area contributed by atoms with E-state index in [-0.39, 0.29) is 6.09 Å². The van der Waals surface area contributed by atoms with Gasteiger partial charge in [0.2, 0.25) is 0 Å². The van der Waals surface area contributed by atoms with Crippen molar-refractivity contribution >= 4 is 12.4 Å². The molecule has 146 valence electrons. The first kappa shape index (κ1) is 22.1. The molecule has 0 unspecified atom stereocenters. The van der Waals surface area contributed by atoms with Gasteiger partial charge < -0.3 is 14.5 Å². The quantitative estimate of drug-likeness (QED) is 0.394. The Bertz CT molecular complexity index is 533. The Balaban J connectivity index is 2.62. The van der Waals surface area contributed by atoms with Gasteiger partial charge in [0, 0.05) is 18.3 Å². The zero-order chi connectivity index (χ0) is 19.2. The Hall–Kier alpha value is -1.95. The summed E-state index contributed by atoms with van der Waals surface area (Å²) in [6.07, 6.45) is 5.87. The zero-order valence-electron chi connectivity index (χ0n) is 16.4. The Morgan fingerprint density at radius 1 is 1.15 bits per heavy atom. The van der Waals surface area contributed by atoms with Crippen molar-refractivity contribution in [1.29, 1.82) is 0 Å². The predicted molar refractivity (Wildman–Crippen MR) is 103 cm³/mol. The van der Waals surface area contributed by atoms with Gasteiger partial charge in [0.05, 0.1) is 18.8 Å². The van der Waals surface area contributed by atoms with E-state index in [1.807, 2.05) is 0 Å². The fourth-order valence-corrected chi connectivity index (χ4v) is 2.66. The molecule has 0 aliphatic rings. The smallest absolute Gasteiger partial charge is 0.410 e. The molecule has 0 bridgehead atoms. The van der Waals surface area contributed by atoms with E-state index in [0.29, 0.717) is 31.0 Å². The monoisotopic (exact) mass is 363 g/mol. The molecule has 0 aliphatic heterocycles. The highest BCUT2D eigenvalue weighted by Gasteiger charge is 2.16. The summed E-state index contributed by atoms with van der Waals surface area (Å²) in [7, 11) is 0. The first-order valence-corrected chi connectivity index (χ1v) is 9.68. The van der Waals surface area contributed by atoms with Gasteiger partial charge in [0.15, 0.2) is 0 Å². The van der Waals surface area contributed by atoms with Gasteiger partial charge in [-0.3, -0.25) is 9.78 Å². The van der Waals surface area contributed by atoms with E-state index >= 15 is 0 Å². The van der Waals surface area contributed by atoms with E-state index < -0.39 is 0 Å². The predicted octanol–water partition coefficient (Wildman–Crippen LogP) is 3.75. The van der Waals surface area contributed by atoms with Crippen LogP contribution < -0.4 is 0 Å². The summed E-state index contributed by atoms with van der Waals surface area (Å²) in [5.74, 6) is 0. The number of carbonyl (C=O) groups excluding carboxylic acids is 2. The van der Waals surface area contributed by atoms with Crippen LogP contribution in [0.2, 0.25) is 0 Å². The summed E-state index contributed by atoms with van der Waals surface area (Å²) >= 11 is 0. The molecule has 1 aromatic heterocycles. The van der Waals surface area contributed by atoms with Crippen LogP contribution >= 0.6 is 0 Å². The van der Waals surface area contributed by atoms with Gasteiger partial charge in [-0.25, -0.2) is 4.79 Å². The molecule has 0 spiro atoms. The van der Waals surface area contributed by atoms with Crippen LogP contribution in [-0.4, -0.2) is 59.9 Å². The van der Waals surface area contributed by atoms with E-state index in [1.54, 1.807) is 23.2 Å². The molecule has 0 aliphatic carbocycles. The van der Waals surface area contributed by atoms with Crippen LogP contribution in [0.15, 0.2) is 18.3 Å². The van der Waals surface area contributed by atoms with Gasteiger partial charge in [-0.1, -0.05) is 27.2 Å². The maximum Gasteiger partial charge on any atom is 0.410 e. The molecule has 0 radical (unpaired) electrons. The molecule has 0 saturated heterocycles. The average Bonchev–Trinajstić information content (AvgIpc) is 2.67. The Morgan fingerprint density at radius 2 is 1.88 bits per heavy atom. The Kier molecular flexibility index (Phi) is 11.3. The molecule has 6 nitrogen and oxygen atoms in total. The van der Waals surface area contributed by atoms with Crippen molar-refractivity contribution < 1.29 is 14.3 Å². The van der Waals surface area contributed by atoms with Crippen molar-refractivity contribution in [2.45, 2.75) is 53.0 Å². The lowest BCUT2D eigenvalue weighted by molar-refractivity contribution is 0.0969. The molecule has 0 fully saturated rings. The SMILES string of the molecule is CCCCOC(=O)N(CCCCN(CC)CC)Cc1cc(C=O)ccn1. The van der Waals surface area contributed by atoms with Gasteiger partial charge in [-0.2, -0.15) is 0 Å². The minimum atomic E-state index is -0.306. The lowest BCUT2D eigenvalue weighted by atomic mass is 10.2. The summed E-state index contributed by atoms with van der Waals surface area (Å²) in [6, 6.07) is 3.37. The van der Waals surface area contributed by atoms with Gasteiger partial charge >= 0.3 is 6.09 Å². The van der Waals surface area contributed by atoms with Crippen LogP contribution in [0.3, 0.4) is 0 Å². The van der Waals surface area contributed by atoms with Crippen molar-refractivity contribution in [2.24, 2.45) is 0 Å². The zero-order valence-corrected chi connectivity index (χ0v) is 16.4. The molecular formula is C20H33N3O3. The number of hydrogen-bond donors (Lipinski definition) is 0. The number of aldehydes is 1. The minimum Gasteiger partial charge on any atom is -0.449 e. The number of amides is 1. The molecule has 1 amide bonds. The van der Waals surface area contributed by atoms with Crippen LogP contribution in [0.25, 0.3) is 0 Å². The third-order valence-electron chi connectivity index (χ3n) is 4.36. The van der Waals surface area contributed by atoms with Crippen molar-refractivity contribution in [3.8, 4) is 0 Å². The van der Waals surface area contributed by atoms with Crippen molar-refractivity contribution in [3.05, 3.63) is 29.6 Å². The normalized spacial score (nSPS) is 10.8. The second kappa shape index (κ2) is 13.3. The average molecular weight is 364 g/mol. The van der Waals surface area contributed by atoms with Crippen molar-refractivity contribution in [2.75, 3.05) is 32.8 Å². The lowest BCUT2D eigenvalue weighted by Gasteiger charge is -2.23. The molecule has 1 aromatic rings. The summed E-state index contributed by atoms with van der Waals surface area (Å²) in [6.45, 7) is 10.9. The number of hydrogen-bond acceptors (Lipinski definition) is 5. The molecule has 1 heterocycles. The third-order valence-corrected chi connectivity index (χ3v) is 4.36. The number of aromatic nitrogens is 1. The minimum absolute atomic E-state index is 0.306. The maximum absolute atomic E-state index is 12.4. The van der Waals surface area contributed by atoms with Gasteiger partial charge in [-0.05, 0) is 51.0 Å². The second-order valence-corrected chi connectivity index (χ2v) is 6.32. The van der Waals surface area contributed by atoms with Crippen molar-refractivity contribution in [3.63, 3.8) is 0 Å². The van der Waals surface area contributed by atoms with E-state index in [4.69, 9.17) is 4.74 Å². The molecule has 1 rings (SSSR count). The summed E-state index contributed by atoms with van der Waals surface area (Å²) in [5, 5.41) is 0. The Labute approximate surface area is 157 Å². The standard InChI is InChI=1S/C20H33N3O3/c1-4-7-14-26-20(25)23(13-9-8-12-22(5-2)6-3)16-19-15-18(17-24)10-11-21-19/h10-11,15,17H,4-9,12-14,16H2,1-3H3. The topological polar surface area (TPSA) is 62.7 Å². The van der Waals surface area contributed by atoms with Crippen LogP contribution in [-0.2, 0) is 11.3 Å². The molecular weight excluding hydrogens is 330 g/mol. The lowest BCUT2D eigenvalue weighted by Crippen LogP contribution is -2.33. The largest absolute Gasteiger partial charge is 0.449 e. The maximum atomic E-state index is 12.4. The van der Waals surface area contributed by atoms with Crippen molar-refractivity contribution in [1.82, 2.24) is 14.8 Å². The molecule has 0 aromatic carbocycles. The van der Waals surface area contributed by atoms with Gasteiger partial charge in [0.1, 0.15) is 6.29 Å². The van der Waals surface area contributed by atoms with E-state index in [0.717, 1.165) is 51.6 Å². The fourth-order valence-electron chi connectivity index (χ4n) is 2.66. The van der Waals surface area contributed by atoms with Gasteiger partial charge in [0.25, 0.3) is 0 Å². The number of unbranched alkanes of at least 4 members (excludes halogenated alkanes) is 2. The third kappa shape index (κ3) is 8.43. The van der Waals surface area contributed by atoms with Crippen LogP contribution in [0, 0.1) is 0 Å². The molecule has 0 N–H and O–H groups in total. The fraction of sp³-hybridized carbons (Fsp3) is 0.650. The second-order valence-electron chi connectivity index (χ2n) is 6.32. The van der Waals surface area contributed by atoms with E-state index in [9.17, 15) is 9.59 Å². The first-order chi connectivity index (χ1) is 12.6. The molecule has 6 heteroatoms. The van der Waals surface area contributed by atoms with E-state index in [2.05, 4.69) is 30.7 Å². The summed E-state index contributed by atoms with van der Waals surface area (Å²) in [4.78, 5) is 31.7. The first-order valence-electron chi connectivity index (χ1n) is 9.68. The highest BCUT2D eigenvalue weighted by Crippen LogP contribution is 2.08. The van der Waals surface area contributed by atoms with E-state index in [1.165, 1.54) is 0 Å². The summed E-state index contributed by atoms with van der Waals surface area (Å²) in [5.41, 5.74) is 1.27. The number of nitrogens with zero attached hydrogens (tertiary/aromatic N) is 3. The summed E-state index contributed by atoms with van der Waals surface area (Å²) < 4.78 is 5.37.